The molecule has 0 saturated carbocycles. The van der Waals surface area contributed by atoms with Crippen LogP contribution < -0.4 is 5.32 Å². The quantitative estimate of drug-likeness (QED) is 0.502. The zero-order chi connectivity index (χ0) is 9.14. The average molecular weight is 193 g/mol. The van der Waals surface area contributed by atoms with E-state index in [0.717, 1.165) is 4.88 Å². The predicted molar refractivity (Wildman–Crippen MR) is 52.5 cm³/mol. The second-order valence-corrected chi connectivity index (χ2v) is 3.46. The van der Waals surface area contributed by atoms with E-state index in [-0.39, 0.29) is 18.9 Å². The fourth-order valence-corrected chi connectivity index (χ4v) is 1.43. The van der Waals surface area contributed by atoms with E-state index >= 15 is 0 Å². The number of carboxylic acid groups (broad SMARTS) is 1. The molecule has 1 rings (SSSR count). The number of anilines is 1. The van der Waals surface area contributed by atoms with Gasteiger partial charge in [-0.3, -0.25) is 4.79 Å². The van der Waals surface area contributed by atoms with Crippen LogP contribution in [0.15, 0.2) is 12.1 Å². The molecular weight excluding hydrogens is 185 g/mol. The summed E-state index contributed by atoms with van der Waals surface area (Å²) in [7, 11) is 0. The summed E-state index contributed by atoms with van der Waals surface area (Å²) in [5, 5.41) is 11.0. The normalized spacial score (nSPS) is 8.69. The van der Waals surface area contributed by atoms with Crippen molar-refractivity contribution in [1.29, 1.82) is 0 Å². The summed E-state index contributed by atoms with van der Waals surface area (Å²) in [4.78, 5) is 21.7. The summed E-state index contributed by atoms with van der Waals surface area (Å²) in [5.41, 5.74) is 0. The van der Waals surface area contributed by atoms with Gasteiger partial charge in [0.15, 0.2) is 0 Å². The van der Waals surface area contributed by atoms with Gasteiger partial charge in [-0.05, 0) is 19.1 Å². The van der Waals surface area contributed by atoms with Gasteiger partial charge >= 0.3 is 30.7 Å². The van der Waals surface area contributed by atoms with Gasteiger partial charge in [-0.1, -0.05) is 0 Å². The Kier molecular flexibility index (Phi) is 4.77. The van der Waals surface area contributed by atoms with E-state index in [2.05, 4.69) is 5.32 Å². The minimum absolute atomic E-state index is 0. The van der Waals surface area contributed by atoms with Gasteiger partial charge < -0.3 is 10.4 Å². The molecule has 4 nitrogen and oxygen atoms in total. The van der Waals surface area contributed by atoms with Gasteiger partial charge in [0.1, 0.15) is 0 Å². The fraction of sp³-hybridized carbons (Fsp3) is 0.143. The van der Waals surface area contributed by atoms with Crippen LogP contribution in [0, 0.1) is 6.92 Å². The van der Waals surface area contributed by atoms with Crippen LogP contribution in [0.5, 0.6) is 0 Å². The van der Waals surface area contributed by atoms with E-state index in [4.69, 9.17) is 5.11 Å². The molecular formula is C7H8LiNO3S. The number of thiophene rings is 1. The van der Waals surface area contributed by atoms with E-state index < -0.39 is 11.9 Å². The molecule has 2 N–H and O–H groups in total. The summed E-state index contributed by atoms with van der Waals surface area (Å²) in [6.45, 7) is 1.88. The molecule has 0 unspecified atom stereocenters. The van der Waals surface area contributed by atoms with Crippen LogP contribution in [0.4, 0.5) is 5.00 Å². The van der Waals surface area contributed by atoms with E-state index in [1.54, 1.807) is 6.07 Å². The van der Waals surface area contributed by atoms with Gasteiger partial charge in [-0.15, -0.1) is 11.3 Å². The summed E-state index contributed by atoms with van der Waals surface area (Å²) >= 11 is 1.34. The van der Waals surface area contributed by atoms with Gasteiger partial charge in [0, 0.05) is 4.88 Å². The molecule has 0 atom stereocenters. The molecule has 1 aromatic rings. The van der Waals surface area contributed by atoms with Crippen molar-refractivity contribution in [2.45, 2.75) is 6.92 Å². The number of aryl methyl sites for hydroxylation is 1. The molecule has 66 valence electrons. The van der Waals surface area contributed by atoms with E-state index in [9.17, 15) is 9.59 Å². The number of rotatable bonds is 1. The molecule has 0 aliphatic carbocycles. The van der Waals surface area contributed by atoms with Crippen LogP contribution in [-0.4, -0.2) is 35.8 Å². The Balaban J connectivity index is 0.00000144. The summed E-state index contributed by atoms with van der Waals surface area (Å²) < 4.78 is 0. The maximum absolute atomic E-state index is 10.6. The standard InChI is InChI=1S/C7H7NO3S.Li.H/c1-4-2-3-5(12-4)8-6(9)7(10)11;;/h2-3H,1H3,(H,8,9)(H,10,11);;. The first-order chi connectivity index (χ1) is 5.59. The van der Waals surface area contributed by atoms with Gasteiger partial charge in [0.25, 0.3) is 0 Å². The number of aliphatic carboxylic acids is 1. The molecule has 1 amide bonds. The molecule has 0 fully saturated rings. The van der Waals surface area contributed by atoms with Crippen molar-refractivity contribution in [1.82, 2.24) is 0 Å². The van der Waals surface area contributed by atoms with Gasteiger partial charge in [-0.2, -0.15) is 0 Å². The maximum atomic E-state index is 10.6. The summed E-state index contributed by atoms with van der Waals surface area (Å²) in [5.74, 6) is -2.47. The third-order valence-electron chi connectivity index (χ3n) is 1.17. The third-order valence-corrected chi connectivity index (χ3v) is 2.09. The number of hydrogen-bond acceptors (Lipinski definition) is 3. The number of amides is 1. The molecule has 6 heteroatoms. The monoisotopic (exact) mass is 193 g/mol. The molecule has 1 aromatic heterocycles. The molecule has 0 aliphatic rings. The molecule has 0 aliphatic heterocycles. The Hall–Kier alpha value is -0.763. The van der Waals surface area contributed by atoms with Gasteiger partial charge in [0.2, 0.25) is 0 Å². The molecule has 1 heterocycles. The summed E-state index contributed by atoms with van der Waals surface area (Å²) in [6.07, 6.45) is 0. The van der Waals surface area contributed by atoms with Crippen molar-refractivity contribution >= 4 is 47.1 Å². The topological polar surface area (TPSA) is 66.4 Å². The van der Waals surface area contributed by atoms with E-state index in [0.29, 0.717) is 5.00 Å². The fourth-order valence-electron chi connectivity index (χ4n) is 0.667. The van der Waals surface area contributed by atoms with Crippen molar-refractivity contribution in [3.8, 4) is 0 Å². The zero-order valence-corrected chi connectivity index (χ0v) is 7.14. The van der Waals surface area contributed by atoms with Crippen LogP contribution in [0.25, 0.3) is 0 Å². The van der Waals surface area contributed by atoms with Crippen molar-refractivity contribution in [3.05, 3.63) is 17.0 Å². The van der Waals surface area contributed by atoms with Crippen LogP contribution in [0.2, 0.25) is 0 Å². The first kappa shape index (κ1) is 12.2. The number of carbonyl (C=O) groups excluding carboxylic acids is 1. The van der Waals surface area contributed by atoms with Gasteiger partial charge in [0.05, 0.1) is 5.00 Å². The van der Waals surface area contributed by atoms with Crippen LogP contribution in [0.3, 0.4) is 0 Å². The number of nitrogens with one attached hydrogen (secondary N) is 1. The number of carbonyl (C=O) groups is 2. The Morgan fingerprint density at radius 3 is 2.46 bits per heavy atom. The van der Waals surface area contributed by atoms with Gasteiger partial charge in [-0.25, -0.2) is 4.79 Å². The van der Waals surface area contributed by atoms with Crippen LogP contribution in [0.1, 0.15) is 4.88 Å². The first-order valence-electron chi connectivity index (χ1n) is 3.20. The second-order valence-electron chi connectivity index (χ2n) is 2.17. The molecule has 0 bridgehead atoms. The number of carboxylic acids is 1. The van der Waals surface area contributed by atoms with Crippen LogP contribution >= 0.6 is 11.3 Å². The Labute approximate surface area is 91.1 Å². The second kappa shape index (κ2) is 5.07. The molecule has 0 aromatic carbocycles. The van der Waals surface area contributed by atoms with Crippen molar-refractivity contribution in [2.75, 3.05) is 5.32 Å². The number of hydrogen-bond donors (Lipinski definition) is 2. The van der Waals surface area contributed by atoms with Crippen molar-refractivity contribution in [2.24, 2.45) is 0 Å². The SMILES string of the molecule is Cc1ccc(NC(=O)C(=O)O)s1.[LiH]. The molecule has 0 saturated heterocycles. The third kappa shape index (κ3) is 3.64. The molecule has 13 heavy (non-hydrogen) atoms. The Morgan fingerprint density at radius 2 is 2.08 bits per heavy atom. The van der Waals surface area contributed by atoms with Crippen molar-refractivity contribution in [3.63, 3.8) is 0 Å². The Bertz CT molecular complexity index is 323. The minimum atomic E-state index is -1.47. The molecule has 0 radical (unpaired) electrons. The Morgan fingerprint density at radius 1 is 1.46 bits per heavy atom. The molecule has 0 spiro atoms. The average Bonchev–Trinajstić information content (AvgIpc) is 2.35. The predicted octanol–water partition coefficient (Wildman–Crippen LogP) is 0.431. The summed E-state index contributed by atoms with van der Waals surface area (Å²) in [6, 6.07) is 3.48. The van der Waals surface area contributed by atoms with Crippen LogP contribution in [-0.2, 0) is 9.59 Å². The van der Waals surface area contributed by atoms with Crippen molar-refractivity contribution < 1.29 is 14.7 Å². The first-order valence-corrected chi connectivity index (χ1v) is 4.02. The van der Waals surface area contributed by atoms with E-state index in [1.165, 1.54) is 11.3 Å². The zero-order valence-electron chi connectivity index (χ0n) is 6.33. The van der Waals surface area contributed by atoms with E-state index in [1.807, 2.05) is 13.0 Å².